The average molecular weight is 555 g/mol. The summed E-state index contributed by atoms with van der Waals surface area (Å²) in [5, 5.41) is 15.1. The van der Waals surface area contributed by atoms with Crippen molar-refractivity contribution >= 4 is 38.8 Å². The third-order valence-electron chi connectivity index (χ3n) is 6.43. The van der Waals surface area contributed by atoms with Crippen molar-refractivity contribution in [3.05, 3.63) is 65.9 Å². The van der Waals surface area contributed by atoms with Gasteiger partial charge in [-0.05, 0) is 64.1 Å². The number of sulfone groups is 1. The number of para-hydroxylation sites is 1. The van der Waals surface area contributed by atoms with E-state index >= 15 is 0 Å². The van der Waals surface area contributed by atoms with Crippen molar-refractivity contribution in [3.8, 4) is 5.75 Å². The van der Waals surface area contributed by atoms with Crippen molar-refractivity contribution in [2.75, 3.05) is 12.3 Å². The lowest BCUT2D eigenvalue weighted by molar-refractivity contribution is -0.124. The molecule has 1 fully saturated rings. The highest BCUT2D eigenvalue weighted by Gasteiger charge is 2.52. The van der Waals surface area contributed by atoms with Crippen LogP contribution in [0.15, 0.2) is 59.5 Å². The van der Waals surface area contributed by atoms with Gasteiger partial charge in [0.1, 0.15) is 12.4 Å². The van der Waals surface area contributed by atoms with Crippen molar-refractivity contribution < 1.29 is 32.6 Å². The molecule has 0 saturated carbocycles. The number of aromatic nitrogens is 1. The van der Waals surface area contributed by atoms with Crippen molar-refractivity contribution in [1.29, 1.82) is 0 Å². The number of pyridine rings is 1. The van der Waals surface area contributed by atoms with Gasteiger partial charge in [0.2, 0.25) is 0 Å². The van der Waals surface area contributed by atoms with E-state index in [0.717, 1.165) is 27.1 Å². The molecule has 206 valence electrons. The van der Waals surface area contributed by atoms with E-state index in [4.69, 9.17) is 4.74 Å². The highest BCUT2D eigenvalue weighted by molar-refractivity contribution is 7.91. The SMILES string of the molecule is Cc1cc(COc2ccc(S(=O)(=O)CC3(CN(C(=O)O)C(C)(C)C)NC(=O)NC3=O)cc2)c2ccccc2n1. The van der Waals surface area contributed by atoms with E-state index in [9.17, 15) is 27.9 Å². The molecule has 4 amide bonds. The van der Waals surface area contributed by atoms with E-state index in [2.05, 4.69) is 10.3 Å². The maximum absolute atomic E-state index is 13.4. The number of ether oxygens (including phenoxy) is 1. The topological polar surface area (TPSA) is 155 Å². The van der Waals surface area contributed by atoms with E-state index in [1.165, 1.54) is 24.3 Å². The number of nitrogens with one attached hydrogen (secondary N) is 2. The second-order valence-corrected chi connectivity index (χ2v) is 12.5. The maximum atomic E-state index is 13.4. The van der Waals surface area contributed by atoms with Crippen LogP contribution in [-0.4, -0.2) is 64.8 Å². The molecule has 3 N–H and O–H groups in total. The van der Waals surface area contributed by atoms with Gasteiger partial charge < -0.3 is 20.1 Å². The van der Waals surface area contributed by atoms with Crippen molar-refractivity contribution in [2.45, 2.75) is 50.3 Å². The van der Waals surface area contributed by atoms with Gasteiger partial charge in [0.15, 0.2) is 15.4 Å². The predicted octanol–water partition coefficient (Wildman–Crippen LogP) is 3.25. The Bertz CT molecular complexity index is 1550. The van der Waals surface area contributed by atoms with Gasteiger partial charge in [0.05, 0.1) is 22.7 Å². The number of hydrogen-bond acceptors (Lipinski definition) is 7. The number of urea groups is 1. The summed E-state index contributed by atoms with van der Waals surface area (Å²) in [6.45, 7) is 6.39. The zero-order valence-electron chi connectivity index (χ0n) is 22.0. The smallest absolute Gasteiger partial charge is 0.407 e. The molecular weight excluding hydrogens is 524 g/mol. The number of amides is 4. The first-order chi connectivity index (χ1) is 18.2. The summed E-state index contributed by atoms with van der Waals surface area (Å²) in [4.78, 5) is 42.0. The summed E-state index contributed by atoms with van der Waals surface area (Å²) < 4.78 is 32.7. The second-order valence-electron chi connectivity index (χ2n) is 10.5. The minimum absolute atomic E-state index is 0.106. The average Bonchev–Trinajstić information content (AvgIpc) is 3.12. The van der Waals surface area contributed by atoms with E-state index in [1.54, 1.807) is 20.8 Å². The summed E-state index contributed by atoms with van der Waals surface area (Å²) in [5.41, 5.74) is -0.340. The molecule has 1 unspecified atom stereocenters. The first kappa shape index (κ1) is 27.8. The Hall–Kier alpha value is -4.19. The zero-order valence-corrected chi connectivity index (χ0v) is 22.8. The molecule has 1 saturated heterocycles. The molecule has 4 rings (SSSR count). The summed E-state index contributed by atoms with van der Waals surface area (Å²) in [6, 6.07) is 14.4. The largest absolute Gasteiger partial charge is 0.489 e. The lowest BCUT2D eigenvalue weighted by atomic mass is 9.98. The number of imide groups is 1. The van der Waals surface area contributed by atoms with Gasteiger partial charge in [-0.15, -0.1) is 0 Å². The fourth-order valence-corrected chi connectivity index (χ4v) is 6.14. The lowest BCUT2D eigenvalue weighted by Gasteiger charge is -2.38. The minimum Gasteiger partial charge on any atom is -0.489 e. The van der Waals surface area contributed by atoms with Gasteiger partial charge in [0.25, 0.3) is 5.91 Å². The minimum atomic E-state index is -4.15. The van der Waals surface area contributed by atoms with Gasteiger partial charge in [0, 0.05) is 22.2 Å². The molecule has 1 aliphatic heterocycles. The van der Waals surface area contributed by atoms with Gasteiger partial charge in [-0.3, -0.25) is 15.1 Å². The Morgan fingerprint density at radius 2 is 1.77 bits per heavy atom. The number of benzene rings is 2. The van der Waals surface area contributed by atoms with E-state index in [1.807, 2.05) is 42.6 Å². The number of rotatable bonds is 8. The quantitative estimate of drug-likeness (QED) is 0.359. The van der Waals surface area contributed by atoms with Crippen LogP contribution in [0.2, 0.25) is 0 Å². The number of carbonyl (C=O) groups excluding carboxylic acids is 2. The predicted molar refractivity (Wildman–Crippen MR) is 143 cm³/mol. The van der Waals surface area contributed by atoms with Crippen LogP contribution >= 0.6 is 0 Å². The van der Waals surface area contributed by atoms with Crippen molar-refractivity contribution in [1.82, 2.24) is 20.5 Å². The number of fused-ring (bicyclic) bond motifs is 1. The highest BCUT2D eigenvalue weighted by Crippen LogP contribution is 2.27. The molecule has 0 bridgehead atoms. The molecule has 2 aromatic carbocycles. The summed E-state index contributed by atoms with van der Waals surface area (Å²) in [5.74, 6) is -1.31. The highest BCUT2D eigenvalue weighted by atomic mass is 32.2. The van der Waals surface area contributed by atoms with Crippen LogP contribution in [0.1, 0.15) is 32.0 Å². The molecule has 12 heteroatoms. The summed E-state index contributed by atoms with van der Waals surface area (Å²) in [7, 11) is -4.15. The van der Waals surface area contributed by atoms with E-state index < -0.39 is 51.2 Å². The first-order valence-corrected chi connectivity index (χ1v) is 13.8. The number of aryl methyl sites for hydroxylation is 1. The molecule has 3 aromatic rings. The Balaban J connectivity index is 1.55. The van der Waals surface area contributed by atoms with Crippen LogP contribution in [0.3, 0.4) is 0 Å². The standard InChI is InChI=1S/C27H30N4O7S/c1-17-13-18(21-7-5-6-8-22(21)28-17)14-38-19-9-11-20(12-10-19)39(36,37)16-27(23(32)29-24(33)30-27)15-31(25(34)35)26(2,3)4/h5-13H,14-16H2,1-4H3,(H,34,35)(H2,29,30,32,33). The van der Waals surface area contributed by atoms with Crippen LogP contribution in [0.25, 0.3) is 10.9 Å². The lowest BCUT2D eigenvalue weighted by Crippen LogP contribution is -2.63. The molecule has 0 aliphatic carbocycles. The Kier molecular flexibility index (Phi) is 7.26. The molecule has 39 heavy (non-hydrogen) atoms. The Morgan fingerprint density at radius 1 is 1.10 bits per heavy atom. The van der Waals surface area contributed by atoms with Crippen LogP contribution < -0.4 is 15.4 Å². The van der Waals surface area contributed by atoms with Gasteiger partial charge in [-0.25, -0.2) is 18.0 Å². The summed E-state index contributed by atoms with van der Waals surface area (Å²) >= 11 is 0. The van der Waals surface area contributed by atoms with Crippen molar-refractivity contribution in [2.24, 2.45) is 0 Å². The normalized spacial score (nSPS) is 17.5. The molecule has 0 radical (unpaired) electrons. The molecule has 1 aromatic heterocycles. The van der Waals surface area contributed by atoms with Crippen molar-refractivity contribution in [3.63, 3.8) is 0 Å². The second kappa shape index (κ2) is 10.2. The number of nitrogens with zero attached hydrogens (tertiary/aromatic N) is 2. The van der Waals surface area contributed by atoms with E-state index in [-0.39, 0.29) is 11.5 Å². The van der Waals surface area contributed by atoms with E-state index in [0.29, 0.717) is 5.75 Å². The molecule has 0 spiro atoms. The van der Waals surface area contributed by atoms with Crippen LogP contribution in [0.5, 0.6) is 5.75 Å². The van der Waals surface area contributed by atoms with Gasteiger partial charge in [-0.1, -0.05) is 18.2 Å². The zero-order chi connectivity index (χ0) is 28.6. The van der Waals surface area contributed by atoms with Crippen LogP contribution in [0.4, 0.5) is 9.59 Å². The fourth-order valence-electron chi connectivity index (χ4n) is 4.47. The maximum Gasteiger partial charge on any atom is 0.407 e. The third kappa shape index (κ3) is 5.95. The van der Waals surface area contributed by atoms with Crippen LogP contribution in [0, 0.1) is 6.92 Å². The van der Waals surface area contributed by atoms with Crippen LogP contribution in [-0.2, 0) is 21.2 Å². The Morgan fingerprint density at radius 3 is 2.36 bits per heavy atom. The molecule has 1 atom stereocenters. The number of carboxylic acid groups (broad SMARTS) is 1. The molecule has 11 nitrogen and oxygen atoms in total. The fraction of sp³-hybridized carbons (Fsp3) is 0.333. The number of carbonyl (C=O) groups is 3. The first-order valence-electron chi connectivity index (χ1n) is 12.2. The number of hydrogen-bond donors (Lipinski definition) is 3. The molecule has 2 heterocycles. The van der Waals surface area contributed by atoms with Gasteiger partial charge in [-0.2, -0.15) is 0 Å². The monoisotopic (exact) mass is 554 g/mol. The van der Waals surface area contributed by atoms with Gasteiger partial charge >= 0.3 is 12.1 Å². The Labute approximate surface area is 226 Å². The third-order valence-corrected chi connectivity index (χ3v) is 8.29. The molecule has 1 aliphatic rings. The summed E-state index contributed by atoms with van der Waals surface area (Å²) in [6.07, 6.45) is -1.35. The molecular formula is C27H30N4O7S.